The lowest BCUT2D eigenvalue weighted by molar-refractivity contribution is -0.119. The van der Waals surface area contributed by atoms with E-state index in [2.05, 4.69) is 41.5 Å². The van der Waals surface area contributed by atoms with Gasteiger partial charge in [-0.15, -0.1) is 0 Å². The van der Waals surface area contributed by atoms with E-state index < -0.39 is 0 Å². The fourth-order valence-corrected chi connectivity index (χ4v) is 3.26. The smallest absolute Gasteiger partial charge is 0.220 e. The maximum absolute atomic E-state index is 11.5. The maximum atomic E-state index is 11.5. The van der Waals surface area contributed by atoms with Gasteiger partial charge >= 0.3 is 0 Å². The molecule has 1 amide bonds. The van der Waals surface area contributed by atoms with Gasteiger partial charge in [0.1, 0.15) is 0 Å². The van der Waals surface area contributed by atoms with Gasteiger partial charge in [-0.2, -0.15) is 0 Å². The van der Waals surface area contributed by atoms with Crippen LogP contribution in [-0.2, 0) is 11.2 Å². The average molecular weight is 329 g/mol. The van der Waals surface area contributed by atoms with E-state index in [1.807, 2.05) is 12.1 Å². The number of hydrogen-bond acceptors (Lipinski definition) is 2. The fraction of sp³-hybridized carbons (Fsp3) is 0.368. The van der Waals surface area contributed by atoms with Crippen molar-refractivity contribution in [2.45, 2.75) is 44.6 Å². The Hall–Kier alpha value is -1.87. The molecule has 23 heavy (non-hydrogen) atoms. The van der Waals surface area contributed by atoms with Gasteiger partial charge in [0.25, 0.3) is 0 Å². The van der Waals surface area contributed by atoms with Crippen molar-refractivity contribution in [3.05, 3.63) is 64.4 Å². The molecule has 1 unspecified atom stereocenters. The van der Waals surface area contributed by atoms with Gasteiger partial charge < -0.3 is 5.32 Å². The molecule has 0 bridgehead atoms. The van der Waals surface area contributed by atoms with Crippen LogP contribution in [0.1, 0.15) is 48.9 Å². The first-order chi connectivity index (χ1) is 11.2. The molecular weight excluding hydrogens is 308 g/mol. The van der Waals surface area contributed by atoms with Crippen molar-refractivity contribution in [2.24, 2.45) is 0 Å². The van der Waals surface area contributed by atoms with Crippen LogP contribution >= 0.6 is 11.6 Å². The second-order valence-electron chi connectivity index (χ2n) is 6.09. The summed E-state index contributed by atoms with van der Waals surface area (Å²) in [5, 5.41) is 3.71. The number of rotatable bonds is 5. The second-order valence-corrected chi connectivity index (χ2v) is 6.52. The van der Waals surface area contributed by atoms with Gasteiger partial charge in [-0.25, -0.2) is 0 Å². The Morgan fingerprint density at radius 1 is 1.26 bits per heavy atom. The van der Waals surface area contributed by atoms with Crippen LogP contribution < -0.4 is 5.32 Å². The summed E-state index contributed by atoms with van der Waals surface area (Å²) >= 11 is 5.97. The van der Waals surface area contributed by atoms with Crippen LogP contribution in [0.5, 0.6) is 0 Å². The van der Waals surface area contributed by atoms with Crippen molar-refractivity contribution in [3.63, 3.8) is 0 Å². The number of nitrogens with zero attached hydrogens (tertiary/aromatic N) is 1. The minimum Gasteiger partial charge on any atom is -0.353 e. The predicted molar refractivity (Wildman–Crippen MR) is 92.7 cm³/mol. The quantitative estimate of drug-likeness (QED) is 0.898. The zero-order valence-corrected chi connectivity index (χ0v) is 14.0. The molecule has 4 heteroatoms. The summed E-state index contributed by atoms with van der Waals surface area (Å²) in [6, 6.07) is 12.8. The van der Waals surface area contributed by atoms with Crippen LogP contribution in [0.3, 0.4) is 0 Å². The number of aryl methyl sites for hydroxylation is 1. The number of carbonyl (C=O) groups is 1. The first-order valence-corrected chi connectivity index (χ1v) is 8.53. The number of nitrogens with one attached hydrogen (secondary N) is 1. The van der Waals surface area contributed by atoms with E-state index in [9.17, 15) is 4.79 Å². The van der Waals surface area contributed by atoms with Crippen molar-refractivity contribution in [3.8, 4) is 0 Å². The van der Waals surface area contributed by atoms with Gasteiger partial charge in [0, 0.05) is 30.3 Å². The molecule has 1 fully saturated rings. The van der Waals surface area contributed by atoms with E-state index in [1.165, 1.54) is 11.1 Å². The lowest BCUT2D eigenvalue weighted by Gasteiger charge is -2.21. The Kier molecular flexibility index (Phi) is 4.97. The second kappa shape index (κ2) is 7.14. The standard InChI is InChI=1S/C19H21ClN2O/c1-2-13-3-5-14(6-4-13)17(11-16-8-10-19(23)22-16)18-9-7-15(20)12-21-18/h3-7,9,12,16-17H,2,8,10-11H2,1H3,(H,22,23)/t16-,17?/m1/s1. The topological polar surface area (TPSA) is 42.0 Å². The Morgan fingerprint density at radius 3 is 2.61 bits per heavy atom. The molecule has 3 nitrogen and oxygen atoms in total. The Bertz CT molecular complexity index is 667. The van der Waals surface area contributed by atoms with Crippen molar-refractivity contribution in [2.75, 3.05) is 0 Å². The summed E-state index contributed by atoms with van der Waals surface area (Å²) in [6.07, 6.45) is 5.11. The monoisotopic (exact) mass is 328 g/mol. The zero-order chi connectivity index (χ0) is 16.2. The third-order valence-corrected chi connectivity index (χ3v) is 4.73. The molecule has 1 aromatic heterocycles. The first kappa shape index (κ1) is 16.0. The molecule has 1 aliphatic heterocycles. The molecule has 3 rings (SSSR count). The highest BCUT2D eigenvalue weighted by Crippen LogP contribution is 2.31. The number of hydrogen-bond donors (Lipinski definition) is 1. The number of benzene rings is 1. The van der Waals surface area contributed by atoms with Crippen LogP contribution in [0.25, 0.3) is 0 Å². The Morgan fingerprint density at radius 2 is 2.04 bits per heavy atom. The van der Waals surface area contributed by atoms with Crippen molar-refractivity contribution in [1.82, 2.24) is 10.3 Å². The summed E-state index contributed by atoms with van der Waals surface area (Å²) in [7, 11) is 0. The molecule has 1 aliphatic rings. The molecule has 0 saturated carbocycles. The number of amides is 1. The highest BCUT2D eigenvalue weighted by molar-refractivity contribution is 6.30. The van der Waals surface area contributed by atoms with E-state index in [-0.39, 0.29) is 17.9 Å². The minimum atomic E-state index is 0.152. The van der Waals surface area contributed by atoms with Crippen molar-refractivity contribution in [1.29, 1.82) is 0 Å². The van der Waals surface area contributed by atoms with E-state index in [0.29, 0.717) is 11.4 Å². The SMILES string of the molecule is CCc1ccc(C(C[C@H]2CCC(=O)N2)c2ccc(Cl)cn2)cc1. The normalized spacial score (nSPS) is 18.7. The number of halogens is 1. The molecule has 120 valence electrons. The molecule has 0 spiro atoms. The van der Waals surface area contributed by atoms with E-state index in [1.54, 1.807) is 6.20 Å². The van der Waals surface area contributed by atoms with Gasteiger partial charge in [0.05, 0.1) is 5.02 Å². The van der Waals surface area contributed by atoms with Crippen molar-refractivity contribution < 1.29 is 4.79 Å². The molecular formula is C19H21ClN2O. The summed E-state index contributed by atoms with van der Waals surface area (Å²) in [6.45, 7) is 2.15. The maximum Gasteiger partial charge on any atom is 0.220 e. The third-order valence-electron chi connectivity index (χ3n) is 4.50. The van der Waals surface area contributed by atoms with E-state index >= 15 is 0 Å². The number of aromatic nitrogens is 1. The zero-order valence-electron chi connectivity index (χ0n) is 13.3. The van der Waals surface area contributed by atoms with Crippen molar-refractivity contribution >= 4 is 17.5 Å². The fourth-order valence-electron chi connectivity index (χ4n) is 3.15. The first-order valence-electron chi connectivity index (χ1n) is 8.15. The van der Waals surface area contributed by atoms with Crippen LogP contribution in [0.4, 0.5) is 0 Å². The third kappa shape index (κ3) is 3.91. The summed E-state index contributed by atoms with van der Waals surface area (Å²) in [5.41, 5.74) is 3.56. The van der Waals surface area contributed by atoms with E-state index in [4.69, 9.17) is 11.6 Å². The summed E-state index contributed by atoms with van der Waals surface area (Å²) < 4.78 is 0. The molecule has 1 saturated heterocycles. The predicted octanol–water partition coefficient (Wildman–Crippen LogP) is 4.10. The number of carbonyl (C=O) groups excluding carboxylic acids is 1. The van der Waals surface area contributed by atoms with Crippen LogP contribution in [0.2, 0.25) is 5.02 Å². The summed E-state index contributed by atoms with van der Waals surface area (Å²) in [4.78, 5) is 16.0. The molecule has 1 aromatic carbocycles. The van der Waals surface area contributed by atoms with E-state index in [0.717, 1.165) is 25.0 Å². The Balaban J connectivity index is 1.88. The molecule has 0 aliphatic carbocycles. The molecule has 1 N–H and O–H groups in total. The van der Waals surface area contributed by atoms with Crippen LogP contribution in [-0.4, -0.2) is 16.9 Å². The van der Waals surface area contributed by atoms with Gasteiger partial charge in [-0.3, -0.25) is 9.78 Å². The molecule has 2 atom stereocenters. The highest BCUT2D eigenvalue weighted by atomic mass is 35.5. The molecule has 2 aromatic rings. The highest BCUT2D eigenvalue weighted by Gasteiger charge is 2.26. The molecule has 2 heterocycles. The molecule has 0 radical (unpaired) electrons. The van der Waals surface area contributed by atoms with Gasteiger partial charge in [0.15, 0.2) is 0 Å². The van der Waals surface area contributed by atoms with Crippen LogP contribution in [0.15, 0.2) is 42.6 Å². The minimum absolute atomic E-state index is 0.152. The van der Waals surface area contributed by atoms with Gasteiger partial charge in [-0.05, 0) is 42.5 Å². The van der Waals surface area contributed by atoms with Crippen LogP contribution in [0, 0.1) is 0 Å². The summed E-state index contributed by atoms with van der Waals surface area (Å²) in [5.74, 6) is 0.320. The lowest BCUT2D eigenvalue weighted by atomic mass is 9.88. The Labute approximate surface area is 142 Å². The average Bonchev–Trinajstić information content (AvgIpc) is 2.99. The van der Waals surface area contributed by atoms with Gasteiger partial charge in [-0.1, -0.05) is 42.8 Å². The van der Waals surface area contributed by atoms with Gasteiger partial charge in [0.2, 0.25) is 5.91 Å². The number of pyridine rings is 1. The lowest BCUT2D eigenvalue weighted by Crippen LogP contribution is -2.27. The largest absolute Gasteiger partial charge is 0.353 e.